The van der Waals surface area contributed by atoms with E-state index in [2.05, 4.69) is 25.3 Å². The molecule has 5 aromatic rings. The second kappa shape index (κ2) is 11.6. The van der Waals surface area contributed by atoms with Gasteiger partial charge in [0.05, 0.1) is 44.3 Å². The SMILES string of the molecule is COc1cc(OCC2CCCN(c3ccc(NC(=O)OC(C)(C)C)nc3)C2)c2cc(-c3cn4nc(OC)sc4n3)oc2c1. The van der Waals surface area contributed by atoms with Gasteiger partial charge in [-0.2, -0.15) is 0 Å². The fraction of sp³-hybridized carbons (Fsp3) is 0.400. The lowest BCUT2D eigenvalue weighted by Gasteiger charge is -2.34. The molecular formula is C30H34N6O6S. The van der Waals surface area contributed by atoms with E-state index in [1.807, 2.05) is 51.2 Å². The number of piperidine rings is 1. The van der Waals surface area contributed by atoms with Crippen molar-refractivity contribution < 1.29 is 28.2 Å². The van der Waals surface area contributed by atoms with E-state index in [9.17, 15) is 4.79 Å². The molecule has 226 valence electrons. The van der Waals surface area contributed by atoms with Gasteiger partial charge in [-0.3, -0.25) is 5.32 Å². The van der Waals surface area contributed by atoms with E-state index < -0.39 is 11.7 Å². The van der Waals surface area contributed by atoms with Crippen LogP contribution < -0.4 is 24.4 Å². The van der Waals surface area contributed by atoms with Crippen LogP contribution in [-0.4, -0.2) is 65.2 Å². The van der Waals surface area contributed by atoms with Gasteiger partial charge < -0.3 is 28.3 Å². The maximum absolute atomic E-state index is 12.1. The van der Waals surface area contributed by atoms with Crippen LogP contribution in [-0.2, 0) is 4.74 Å². The van der Waals surface area contributed by atoms with Gasteiger partial charge in [0.15, 0.2) is 5.76 Å². The van der Waals surface area contributed by atoms with E-state index in [-0.39, 0.29) is 0 Å². The topological polar surface area (TPSA) is 125 Å². The number of anilines is 2. The molecule has 4 aromatic heterocycles. The van der Waals surface area contributed by atoms with Gasteiger partial charge in [-0.1, -0.05) is 0 Å². The molecule has 43 heavy (non-hydrogen) atoms. The zero-order chi connectivity index (χ0) is 30.1. The third-order valence-corrected chi connectivity index (χ3v) is 7.88. The Morgan fingerprint density at radius 3 is 2.77 bits per heavy atom. The molecule has 12 nitrogen and oxygen atoms in total. The van der Waals surface area contributed by atoms with Gasteiger partial charge in [0.2, 0.25) is 4.96 Å². The molecule has 0 spiro atoms. The number of amides is 1. The first-order valence-electron chi connectivity index (χ1n) is 14.0. The number of nitrogens with one attached hydrogen (secondary N) is 1. The maximum atomic E-state index is 12.1. The van der Waals surface area contributed by atoms with Gasteiger partial charge in [0, 0.05) is 31.1 Å². The summed E-state index contributed by atoms with van der Waals surface area (Å²) in [5, 5.41) is 8.42. The smallest absolute Gasteiger partial charge is 0.413 e. The van der Waals surface area contributed by atoms with E-state index >= 15 is 0 Å². The molecule has 6 rings (SSSR count). The summed E-state index contributed by atoms with van der Waals surface area (Å²) in [6.07, 6.45) is 5.15. The highest BCUT2D eigenvalue weighted by Crippen LogP contribution is 2.38. The molecular weight excluding hydrogens is 572 g/mol. The van der Waals surface area contributed by atoms with Crippen molar-refractivity contribution in [3.63, 3.8) is 0 Å². The molecule has 1 fully saturated rings. The Balaban J connectivity index is 1.13. The standard InChI is InChI=1S/C30H34N6O6S/c1-30(2,3)42-28(37)33-26-9-8-19(14-31-26)35-10-6-7-18(15-35)17-40-23-11-20(38-4)12-24-21(23)13-25(41-24)22-16-36-27(32-22)43-29(34-36)39-5/h8-9,11-14,16,18H,6-7,10,15,17H2,1-5H3,(H,31,33,37). The van der Waals surface area contributed by atoms with Crippen LogP contribution in [0.3, 0.4) is 0 Å². The van der Waals surface area contributed by atoms with E-state index in [1.54, 1.807) is 31.0 Å². The third-order valence-electron chi connectivity index (χ3n) is 7.00. The Labute approximate surface area is 252 Å². The largest absolute Gasteiger partial charge is 0.496 e. The number of rotatable bonds is 8. The molecule has 13 heteroatoms. The number of hydrogen-bond donors (Lipinski definition) is 1. The van der Waals surface area contributed by atoms with Gasteiger partial charge in [-0.15, -0.1) is 5.10 Å². The van der Waals surface area contributed by atoms with Crippen LogP contribution in [0.5, 0.6) is 16.7 Å². The van der Waals surface area contributed by atoms with Gasteiger partial charge in [0.25, 0.3) is 5.19 Å². The molecule has 1 unspecified atom stereocenters. The zero-order valence-corrected chi connectivity index (χ0v) is 25.6. The summed E-state index contributed by atoms with van der Waals surface area (Å²) >= 11 is 1.36. The molecule has 1 amide bonds. The van der Waals surface area contributed by atoms with Crippen LogP contribution in [0, 0.1) is 5.92 Å². The van der Waals surface area contributed by atoms with Crippen molar-refractivity contribution in [3.05, 3.63) is 42.7 Å². The molecule has 1 saturated heterocycles. The highest BCUT2D eigenvalue weighted by molar-refractivity contribution is 7.18. The second-order valence-electron chi connectivity index (χ2n) is 11.4. The number of benzene rings is 1. The minimum Gasteiger partial charge on any atom is -0.496 e. The Hall–Kier alpha value is -4.52. The molecule has 1 aromatic carbocycles. The minimum atomic E-state index is -0.574. The molecule has 1 N–H and O–H groups in total. The highest BCUT2D eigenvalue weighted by atomic mass is 32.1. The molecule has 1 aliphatic heterocycles. The van der Waals surface area contributed by atoms with Crippen LogP contribution in [0.4, 0.5) is 16.3 Å². The lowest BCUT2D eigenvalue weighted by molar-refractivity contribution is 0.0635. The number of carbonyl (C=O) groups is 1. The van der Waals surface area contributed by atoms with Gasteiger partial charge in [-0.25, -0.2) is 19.3 Å². The first kappa shape index (κ1) is 28.6. The van der Waals surface area contributed by atoms with Crippen LogP contribution in [0.15, 0.2) is 47.1 Å². The van der Waals surface area contributed by atoms with Crippen molar-refractivity contribution in [1.82, 2.24) is 19.6 Å². The molecule has 0 radical (unpaired) electrons. The van der Waals surface area contributed by atoms with Gasteiger partial charge >= 0.3 is 6.09 Å². The molecule has 0 bridgehead atoms. The van der Waals surface area contributed by atoms with E-state index in [0.29, 0.717) is 57.0 Å². The lowest BCUT2D eigenvalue weighted by Crippen LogP contribution is -2.37. The van der Waals surface area contributed by atoms with Crippen molar-refractivity contribution in [3.8, 4) is 28.1 Å². The molecule has 0 aliphatic carbocycles. The Kier molecular flexibility index (Phi) is 7.74. The number of furan rings is 1. The Morgan fingerprint density at radius 1 is 1.19 bits per heavy atom. The first-order chi connectivity index (χ1) is 20.7. The number of methoxy groups -OCH3 is 2. The van der Waals surface area contributed by atoms with Gasteiger partial charge in [-0.05, 0) is 63.1 Å². The van der Waals surface area contributed by atoms with Crippen molar-refractivity contribution in [2.24, 2.45) is 5.92 Å². The first-order valence-corrected chi connectivity index (χ1v) is 14.8. The summed E-state index contributed by atoms with van der Waals surface area (Å²) in [4.78, 5) is 24.1. The number of ether oxygens (including phenoxy) is 4. The molecule has 5 heterocycles. The van der Waals surface area contributed by atoms with Crippen LogP contribution in [0.2, 0.25) is 0 Å². The Morgan fingerprint density at radius 2 is 2.05 bits per heavy atom. The predicted octanol–water partition coefficient (Wildman–Crippen LogP) is 6.26. The fourth-order valence-electron chi connectivity index (χ4n) is 5.03. The summed E-state index contributed by atoms with van der Waals surface area (Å²) in [6, 6.07) is 9.44. The maximum Gasteiger partial charge on any atom is 0.413 e. The summed E-state index contributed by atoms with van der Waals surface area (Å²) in [5.74, 6) is 2.72. The predicted molar refractivity (Wildman–Crippen MR) is 164 cm³/mol. The van der Waals surface area contributed by atoms with E-state index in [4.69, 9.17) is 23.4 Å². The summed E-state index contributed by atoms with van der Waals surface area (Å²) in [5.41, 5.74) is 1.75. The summed E-state index contributed by atoms with van der Waals surface area (Å²) in [7, 11) is 3.21. The number of nitrogens with zero attached hydrogens (tertiary/aromatic N) is 5. The lowest BCUT2D eigenvalue weighted by atomic mass is 9.98. The van der Waals surface area contributed by atoms with Crippen LogP contribution >= 0.6 is 11.3 Å². The number of pyridine rings is 1. The third kappa shape index (κ3) is 6.46. The molecule has 0 saturated carbocycles. The average Bonchev–Trinajstić information content (AvgIpc) is 3.68. The molecule has 1 atom stereocenters. The van der Waals surface area contributed by atoms with E-state index in [1.165, 1.54) is 11.3 Å². The van der Waals surface area contributed by atoms with E-state index in [0.717, 1.165) is 37.0 Å². The Bertz CT molecular complexity index is 1710. The zero-order valence-electron chi connectivity index (χ0n) is 24.7. The number of aromatic nitrogens is 4. The number of imidazole rings is 1. The summed E-state index contributed by atoms with van der Waals surface area (Å²) < 4.78 is 30.3. The fourth-order valence-corrected chi connectivity index (χ4v) is 5.73. The van der Waals surface area contributed by atoms with Crippen molar-refractivity contribution in [2.75, 3.05) is 44.1 Å². The second-order valence-corrected chi connectivity index (χ2v) is 12.3. The van der Waals surface area contributed by atoms with Crippen LogP contribution in [0.1, 0.15) is 33.6 Å². The van der Waals surface area contributed by atoms with Crippen molar-refractivity contribution in [2.45, 2.75) is 39.2 Å². The molecule has 1 aliphatic rings. The number of carbonyl (C=O) groups excluding carboxylic acids is 1. The monoisotopic (exact) mass is 606 g/mol. The number of hydrogen-bond acceptors (Lipinski definition) is 11. The number of fused-ring (bicyclic) bond motifs is 2. The van der Waals surface area contributed by atoms with Crippen molar-refractivity contribution >= 4 is 44.9 Å². The highest BCUT2D eigenvalue weighted by Gasteiger charge is 2.23. The quantitative estimate of drug-likeness (QED) is 0.216. The van der Waals surface area contributed by atoms with Gasteiger partial charge in [0.1, 0.15) is 34.2 Å². The minimum absolute atomic E-state index is 0.307. The summed E-state index contributed by atoms with van der Waals surface area (Å²) in [6.45, 7) is 7.75. The normalized spacial score (nSPS) is 15.6. The van der Waals surface area contributed by atoms with Crippen LogP contribution in [0.25, 0.3) is 27.4 Å². The average molecular weight is 607 g/mol. The van der Waals surface area contributed by atoms with Crippen molar-refractivity contribution in [1.29, 1.82) is 0 Å².